The van der Waals surface area contributed by atoms with Crippen LogP contribution in [0.2, 0.25) is 0 Å². The van der Waals surface area contributed by atoms with E-state index < -0.39 is 5.60 Å². The van der Waals surface area contributed by atoms with Crippen LogP contribution >= 0.6 is 0 Å². The second kappa shape index (κ2) is 7.42. The lowest BCUT2D eigenvalue weighted by Gasteiger charge is -2.37. The monoisotopic (exact) mass is 324 g/mol. The van der Waals surface area contributed by atoms with E-state index in [2.05, 4.69) is 19.2 Å². The number of rotatable bonds is 3. The molecule has 2 aliphatic rings. The highest BCUT2D eigenvalue weighted by atomic mass is 16.6. The number of carbonyl (C=O) groups is 1. The van der Waals surface area contributed by atoms with Gasteiger partial charge in [-0.3, -0.25) is 0 Å². The van der Waals surface area contributed by atoms with Crippen molar-refractivity contribution in [2.75, 3.05) is 19.6 Å². The number of hydrogen-bond acceptors (Lipinski definition) is 3. The van der Waals surface area contributed by atoms with Crippen LogP contribution in [0.1, 0.15) is 73.1 Å². The standard InChI is InChI=1S/C19H36N2O2/c1-18(2,3)23-17(22)21-12-8-15(9-13-21)14-20-16-6-10-19(4,5)11-7-16/h15-16,20H,6-14H2,1-5H3. The maximum absolute atomic E-state index is 12.1. The summed E-state index contributed by atoms with van der Waals surface area (Å²) in [6.07, 6.45) is 7.31. The summed E-state index contributed by atoms with van der Waals surface area (Å²) < 4.78 is 5.46. The smallest absolute Gasteiger partial charge is 0.410 e. The molecule has 2 rings (SSSR count). The molecule has 1 saturated carbocycles. The van der Waals surface area contributed by atoms with Crippen molar-refractivity contribution in [2.24, 2.45) is 11.3 Å². The van der Waals surface area contributed by atoms with Gasteiger partial charge in [0.25, 0.3) is 0 Å². The lowest BCUT2D eigenvalue weighted by atomic mass is 9.75. The largest absolute Gasteiger partial charge is 0.444 e. The van der Waals surface area contributed by atoms with Crippen molar-refractivity contribution in [1.29, 1.82) is 0 Å². The number of likely N-dealkylation sites (tertiary alicyclic amines) is 1. The molecule has 2 fully saturated rings. The minimum Gasteiger partial charge on any atom is -0.444 e. The molecule has 4 nitrogen and oxygen atoms in total. The quantitative estimate of drug-likeness (QED) is 0.846. The Morgan fingerprint density at radius 2 is 1.70 bits per heavy atom. The summed E-state index contributed by atoms with van der Waals surface area (Å²) >= 11 is 0. The van der Waals surface area contributed by atoms with Gasteiger partial charge in [0.2, 0.25) is 0 Å². The number of amides is 1. The maximum Gasteiger partial charge on any atom is 0.410 e. The number of nitrogens with zero attached hydrogens (tertiary/aromatic N) is 1. The van der Waals surface area contributed by atoms with E-state index >= 15 is 0 Å². The van der Waals surface area contributed by atoms with Crippen LogP contribution in [0, 0.1) is 11.3 Å². The van der Waals surface area contributed by atoms with E-state index in [0.717, 1.165) is 32.5 Å². The van der Waals surface area contributed by atoms with Gasteiger partial charge in [-0.25, -0.2) is 4.79 Å². The molecule has 0 aromatic carbocycles. The molecule has 1 N–H and O–H groups in total. The maximum atomic E-state index is 12.1. The van der Waals surface area contributed by atoms with Gasteiger partial charge in [-0.1, -0.05) is 13.8 Å². The van der Waals surface area contributed by atoms with Crippen molar-refractivity contribution in [1.82, 2.24) is 10.2 Å². The summed E-state index contributed by atoms with van der Waals surface area (Å²) in [5.41, 5.74) is 0.140. The molecule has 1 aliphatic heterocycles. The summed E-state index contributed by atoms with van der Waals surface area (Å²) in [4.78, 5) is 13.9. The van der Waals surface area contributed by atoms with Gasteiger partial charge >= 0.3 is 6.09 Å². The Hall–Kier alpha value is -0.770. The minimum atomic E-state index is -0.399. The average molecular weight is 325 g/mol. The zero-order chi connectivity index (χ0) is 17.1. The van der Waals surface area contributed by atoms with E-state index in [4.69, 9.17) is 4.74 Å². The van der Waals surface area contributed by atoms with Crippen LogP contribution in [0.3, 0.4) is 0 Å². The molecule has 0 bridgehead atoms. The molecule has 1 amide bonds. The van der Waals surface area contributed by atoms with Gasteiger partial charge in [-0.05, 0) is 77.2 Å². The second-order valence-electron chi connectivity index (χ2n) is 9.26. The highest BCUT2D eigenvalue weighted by molar-refractivity contribution is 5.68. The van der Waals surface area contributed by atoms with Crippen molar-refractivity contribution >= 4 is 6.09 Å². The molecule has 0 aromatic heterocycles. The molecule has 0 spiro atoms. The summed E-state index contributed by atoms with van der Waals surface area (Å²) in [6.45, 7) is 13.3. The summed E-state index contributed by atoms with van der Waals surface area (Å²) in [5, 5.41) is 3.78. The second-order valence-corrected chi connectivity index (χ2v) is 9.26. The fourth-order valence-electron chi connectivity index (χ4n) is 3.58. The SMILES string of the molecule is CC1(C)CCC(NCC2CCN(C(=O)OC(C)(C)C)CC2)CC1. The van der Waals surface area contributed by atoms with E-state index in [1.165, 1.54) is 25.7 Å². The third-order valence-electron chi connectivity index (χ3n) is 5.30. The van der Waals surface area contributed by atoms with E-state index in [-0.39, 0.29) is 6.09 Å². The van der Waals surface area contributed by atoms with Gasteiger partial charge in [-0.2, -0.15) is 0 Å². The molecule has 1 saturated heterocycles. The molecule has 4 heteroatoms. The lowest BCUT2D eigenvalue weighted by molar-refractivity contribution is 0.0182. The Bertz CT molecular complexity index is 383. The Labute approximate surface area is 142 Å². The first-order valence-electron chi connectivity index (χ1n) is 9.36. The predicted molar refractivity (Wildman–Crippen MR) is 94.6 cm³/mol. The molecule has 0 radical (unpaired) electrons. The lowest BCUT2D eigenvalue weighted by Crippen LogP contribution is -2.44. The summed E-state index contributed by atoms with van der Waals surface area (Å²) in [7, 11) is 0. The fraction of sp³-hybridized carbons (Fsp3) is 0.947. The molecule has 0 unspecified atom stereocenters. The summed E-state index contributed by atoms with van der Waals surface area (Å²) in [5.74, 6) is 0.698. The molecule has 134 valence electrons. The van der Waals surface area contributed by atoms with Crippen molar-refractivity contribution in [3.05, 3.63) is 0 Å². The number of ether oxygens (including phenoxy) is 1. The zero-order valence-corrected chi connectivity index (χ0v) is 15.8. The Kier molecular flexibility index (Phi) is 5.99. The summed E-state index contributed by atoms with van der Waals surface area (Å²) in [6, 6.07) is 0.701. The van der Waals surface area contributed by atoms with Gasteiger partial charge in [0.1, 0.15) is 5.60 Å². The first-order valence-corrected chi connectivity index (χ1v) is 9.36. The van der Waals surface area contributed by atoms with Gasteiger partial charge < -0.3 is 15.0 Å². The molecule has 23 heavy (non-hydrogen) atoms. The van der Waals surface area contributed by atoms with Gasteiger partial charge in [-0.15, -0.1) is 0 Å². The minimum absolute atomic E-state index is 0.154. The van der Waals surface area contributed by atoms with E-state index in [1.807, 2.05) is 25.7 Å². The molecular formula is C19H36N2O2. The highest BCUT2D eigenvalue weighted by Gasteiger charge is 2.29. The Morgan fingerprint density at radius 1 is 1.13 bits per heavy atom. The van der Waals surface area contributed by atoms with Gasteiger partial charge in [0.05, 0.1) is 0 Å². The number of hydrogen-bond donors (Lipinski definition) is 1. The molecule has 1 aliphatic carbocycles. The van der Waals surface area contributed by atoms with Crippen LogP contribution < -0.4 is 5.32 Å². The molecular weight excluding hydrogens is 288 g/mol. The Morgan fingerprint density at radius 3 is 2.22 bits per heavy atom. The number of piperidine rings is 1. The van der Waals surface area contributed by atoms with Crippen molar-refractivity contribution in [3.63, 3.8) is 0 Å². The fourth-order valence-corrected chi connectivity index (χ4v) is 3.58. The van der Waals surface area contributed by atoms with Crippen LogP contribution in [0.5, 0.6) is 0 Å². The van der Waals surface area contributed by atoms with Gasteiger partial charge in [0.15, 0.2) is 0 Å². The predicted octanol–water partition coefficient (Wildman–Crippen LogP) is 4.19. The molecule has 0 aromatic rings. The van der Waals surface area contributed by atoms with Crippen LogP contribution in [-0.4, -0.2) is 42.3 Å². The van der Waals surface area contributed by atoms with Crippen molar-refractivity contribution in [3.8, 4) is 0 Å². The van der Waals surface area contributed by atoms with Crippen LogP contribution in [0.15, 0.2) is 0 Å². The zero-order valence-electron chi connectivity index (χ0n) is 15.8. The molecule has 1 heterocycles. The normalized spacial score (nSPS) is 23.8. The van der Waals surface area contributed by atoms with Crippen LogP contribution in [0.4, 0.5) is 4.79 Å². The van der Waals surface area contributed by atoms with Crippen LogP contribution in [0.25, 0.3) is 0 Å². The van der Waals surface area contributed by atoms with E-state index in [1.54, 1.807) is 0 Å². The molecule has 0 atom stereocenters. The van der Waals surface area contributed by atoms with Crippen molar-refractivity contribution in [2.45, 2.75) is 84.8 Å². The first kappa shape index (κ1) is 18.6. The topological polar surface area (TPSA) is 41.6 Å². The first-order chi connectivity index (χ1) is 10.6. The van der Waals surface area contributed by atoms with E-state index in [9.17, 15) is 4.79 Å². The van der Waals surface area contributed by atoms with Gasteiger partial charge in [0, 0.05) is 19.1 Å². The number of carbonyl (C=O) groups excluding carboxylic acids is 1. The van der Waals surface area contributed by atoms with E-state index in [0.29, 0.717) is 17.4 Å². The van der Waals surface area contributed by atoms with Crippen LogP contribution in [-0.2, 0) is 4.74 Å². The highest BCUT2D eigenvalue weighted by Crippen LogP contribution is 2.35. The van der Waals surface area contributed by atoms with Crippen molar-refractivity contribution < 1.29 is 9.53 Å². The third kappa shape index (κ3) is 6.33. The Balaban J connectivity index is 1.64. The number of nitrogens with one attached hydrogen (secondary N) is 1. The average Bonchev–Trinajstić information content (AvgIpc) is 2.45. The third-order valence-corrected chi connectivity index (χ3v) is 5.30.